The number of hydrogen-bond acceptors (Lipinski definition) is 5. The van der Waals surface area contributed by atoms with Crippen molar-refractivity contribution < 1.29 is 24.3 Å². The fraction of sp³-hybridized carbons (Fsp3) is 0.0833. The van der Waals surface area contributed by atoms with Gasteiger partial charge >= 0.3 is 0 Å². The molecule has 1 atom stereocenters. The molecule has 0 saturated carbocycles. The van der Waals surface area contributed by atoms with E-state index in [0.29, 0.717) is 15.7 Å². The van der Waals surface area contributed by atoms with E-state index in [9.17, 15) is 24.3 Å². The van der Waals surface area contributed by atoms with Crippen molar-refractivity contribution in [1.82, 2.24) is 0 Å². The van der Waals surface area contributed by atoms with E-state index in [1.807, 2.05) is 0 Å². The van der Waals surface area contributed by atoms with Gasteiger partial charge in [0.2, 0.25) is 0 Å². The molecule has 18 heavy (non-hydrogen) atoms. The van der Waals surface area contributed by atoms with Crippen LogP contribution in [0.1, 0.15) is 0 Å². The fourth-order valence-corrected chi connectivity index (χ4v) is 2.44. The molecule has 2 N–H and O–H groups in total. The highest BCUT2D eigenvalue weighted by molar-refractivity contribution is 7.85. The predicted octanol–water partition coefficient (Wildman–Crippen LogP) is 0.108. The summed E-state index contributed by atoms with van der Waals surface area (Å²) in [5.41, 5.74) is 0. The number of aromatic hydroxyl groups is 2. The van der Waals surface area contributed by atoms with Crippen molar-refractivity contribution in [3.63, 3.8) is 0 Å². The first kappa shape index (κ1) is 12.4. The monoisotopic (exact) mass is 265 g/mol. The summed E-state index contributed by atoms with van der Waals surface area (Å²) in [7, 11) is -1.69. The molecule has 2 aromatic rings. The van der Waals surface area contributed by atoms with Gasteiger partial charge in [-0.05, 0) is 35.0 Å². The first-order chi connectivity index (χ1) is 8.47. The minimum absolute atomic E-state index is 0.244. The smallest absolute Gasteiger partial charge is 0.158 e. The van der Waals surface area contributed by atoms with Crippen LogP contribution < -0.4 is 5.11 Å². The first-order valence-corrected chi connectivity index (χ1v) is 6.33. The molecule has 0 aliphatic rings. The van der Waals surface area contributed by atoms with Crippen molar-refractivity contribution in [2.24, 2.45) is 0 Å². The average Bonchev–Trinajstić information content (AvgIpc) is 2.29. The number of fused-ring (bicyclic) bond motifs is 1. The molecular weight excluding hydrogens is 256 g/mol. The molecule has 1 unspecified atom stereocenters. The van der Waals surface area contributed by atoms with E-state index in [1.54, 1.807) is 6.07 Å². The van der Waals surface area contributed by atoms with Gasteiger partial charge in [0.05, 0.1) is 22.5 Å². The molecule has 0 fully saturated rings. The third-order valence-electron chi connectivity index (χ3n) is 2.42. The Balaban J connectivity index is 2.47. The predicted molar refractivity (Wildman–Crippen MR) is 63.6 cm³/mol. The summed E-state index contributed by atoms with van der Waals surface area (Å²) in [4.78, 5) is 10.7. The Hall–Kier alpha value is -2.08. The molecule has 2 rings (SSSR count). The number of carbonyl (C=O) groups excluding carboxylic acids is 1. The first-order valence-electron chi connectivity index (χ1n) is 5.01. The van der Waals surface area contributed by atoms with Gasteiger partial charge in [-0.25, -0.2) is 0 Å². The Morgan fingerprint density at radius 1 is 1.11 bits per heavy atom. The quantitative estimate of drug-likeness (QED) is 0.767. The van der Waals surface area contributed by atoms with Crippen molar-refractivity contribution in [2.75, 3.05) is 5.75 Å². The SMILES string of the molecule is O=C([O-])CS(=O)c1ccc2cc(O)c(O)cc2c1. The van der Waals surface area contributed by atoms with Crippen LogP contribution >= 0.6 is 0 Å². The van der Waals surface area contributed by atoms with E-state index in [1.165, 1.54) is 24.3 Å². The van der Waals surface area contributed by atoms with Crippen molar-refractivity contribution in [2.45, 2.75) is 4.90 Å². The molecule has 5 nitrogen and oxygen atoms in total. The zero-order valence-electron chi connectivity index (χ0n) is 9.12. The highest BCUT2D eigenvalue weighted by Crippen LogP contribution is 2.31. The molecule has 0 spiro atoms. The number of carboxylic acids is 1. The van der Waals surface area contributed by atoms with Crippen LogP contribution in [0.5, 0.6) is 11.5 Å². The van der Waals surface area contributed by atoms with Gasteiger partial charge in [-0.3, -0.25) is 4.21 Å². The van der Waals surface area contributed by atoms with Crippen molar-refractivity contribution in [3.8, 4) is 11.5 Å². The molecule has 0 aliphatic heterocycles. The molecule has 6 heteroatoms. The Labute approximate surface area is 105 Å². The Kier molecular flexibility index (Phi) is 3.20. The van der Waals surface area contributed by atoms with Crippen LogP contribution in [0, 0.1) is 0 Å². The number of phenolic OH excluding ortho intramolecular Hbond substituents is 2. The molecular formula is C12H9O5S-. The van der Waals surface area contributed by atoms with Crippen LogP contribution in [-0.2, 0) is 15.6 Å². The highest BCUT2D eigenvalue weighted by Gasteiger charge is 2.07. The minimum Gasteiger partial charge on any atom is -0.549 e. The molecule has 0 heterocycles. The van der Waals surface area contributed by atoms with Gasteiger partial charge in [-0.2, -0.15) is 0 Å². The zero-order valence-corrected chi connectivity index (χ0v) is 9.94. The molecule has 0 aliphatic carbocycles. The van der Waals surface area contributed by atoms with Crippen LogP contribution in [-0.4, -0.2) is 26.1 Å². The van der Waals surface area contributed by atoms with Crippen molar-refractivity contribution in [1.29, 1.82) is 0 Å². The lowest BCUT2D eigenvalue weighted by atomic mass is 10.1. The lowest BCUT2D eigenvalue weighted by Crippen LogP contribution is -2.28. The molecule has 0 bridgehead atoms. The van der Waals surface area contributed by atoms with Crippen LogP contribution in [0.3, 0.4) is 0 Å². The average molecular weight is 265 g/mol. The topological polar surface area (TPSA) is 97.7 Å². The summed E-state index contributed by atoms with van der Waals surface area (Å²) in [6.07, 6.45) is 0. The largest absolute Gasteiger partial charge is 0.549 e. The molecule has 94 valence electrons. The van der Waals surface area contributed by atoms with Gasteiger partial charge < -0.3 is 20.1 Å². The maximum Gasteiger partial charge on any atom is 0.158 e. The second kappa shape index (κ2) is 4.66. The van der Waals surface area contributed by atoms with Gasteiger partial charge in [-0.1, -0.05) is 6.07 Å². The van der Waals surface area contributed by atoms with E-state index >= 15 is 0 Å². The van der Waals surface area contributed by atoms with Crippen LogP contribution in [0.15, 0.2) is 35.2 Å². The van der Waals surface area contributed by atoms with Gasteiger partial charge in [0.15, 0.2) is 11.5 Å². The second-order valence-corrected chi connectivity index (χ2v) is 5.16. The summed E-state index contributed by atoms with van der Waals surface area (Å²) in [6, 6.07) is 7.31. The number of rotatable bonds is 3. The maximum atomic E-state index is 11.6. The lowest BCUT2D eigenvalue weighted by Gasteiger charge is -2.06. The van der Waals surface area contributed by atoms with E-state index in [2.05, 4.69) is 0 Å². The lowest BCUT2D eigenvalue weighted by molar-refractivity contribution is -0.301. The number of phenols is 2. The summed E-state index contributed by atoms with van der Waals surface area (Å²) >= 11 is 0. The fourth-order valence-electron chi connectivity index (χ4n) is 1.58. The third-order valence-corrected chi connectivity index (χ3v) is 3.69. The molecule has 2 aromatic carbocycles. The Morgan fingerprint density at radius 3 is 2.33 bits per heavy atom. The Bertz CT molecular complexity index is 650. The zero-order chi connectivity index (χ0) is 13.3. The maximum absolute atomic E-state index is 11.6. The third kappa shape index (κ3) is 2.43. The number of aliphatic carboxylic acids is 1. The van der Waals surface area contributed by atoms with Gasteiger partial charge in [0, 0.05) is 4.90 Å². The van der Waals surface area contributed by atoms with Gasteiger partial charge in [-0.15, -0.1) is 0 Å². The van der Waals surface area contributed by atoms with Crippen LogP contribution in [0.25, 0.3) is 10.8 Å². The van der Waals surface area contributed by atoms with E-state index < -0.39 is 22.5 Å². The molecule has 0 aromatic heterocycles. The number of hydrogen-bond donors (Lipinski definition) is 2. The summed E-state index contributed by atoms with van der Waals surface area (Å²) in [5.74, 6) is -2.49. The number of benzene rings is 2. The summed E-state index contributed by atoms with van der Waals surface area (Å²) in [5, 5.41) is 30.3. The summed E-state index contributed by atoms with van der Waals surface area (Å²) in [6.45, 7) is 0. The van der Waals surface area contributed by atoms with Crippen LogP contribution in [0.2, 0.25) is 0 Å². The summed E-state index contributed by atoms with van der Waals surface area (Å²) < 4.78 is 11.6. The van der Waals surface area contributed by atoms with E-state index in [-0.39, 0.29) is 11.5 Å². The number of carbonyl (C=O) groups is 1. The standard InChI is InChI=1S/C12H10O5S/c13-10-4-7-1-2-9(18(17)6-12(15)16)3-8(7)5-11(10)14/h1-5,13-14H,6H2,(H,15,16)/p-1. The minimum atomic E-state index is -1.69. The van der Waals surface area contributed by atoms with Crippen molar-refractivity contribution in [3.05, 3.63) is 30.3 Å². The Morgan fingerprint density at radius 2 is 1.72 bits per heavy atom. The molecule has 0 saturated heterocycles. The second-order valence-electron chi connectivity index (χ2n) is 3.71. The highest BCUT2D eigenvalue weighted by atomic mass is 32.2. The normalized spacial score (nSPS) is 12.4. The molecule has 0 amide bonds. The van der Waals surface area contributed by atoms with Crippen LogP contribution in [0.4, 0.5) is 0 Å². The number of carboxylic acid groups (broad SMARTS) is 1. The molecule has 0 radical (unpaired) electrons. The van der Waals surface area contributed by atoms with E-state index in [4.69, 9.17) is 0 Å². The van der Waals surface area contributed by atoms with Crippen molar-refractivity contribution >= 4 is 27.5 Å². The van der Waals surface area contributed by atoms with Gasteiger partial charge in [0.1, 0.15) is 0 Å². The van der Waals surface area contributed by atoms with Gasteiger partial charge in [0.25, 0.3) is 0 Å². The van der Waals surface area contributed by atoms with E-state index in [0.717, 1.165) is 0 Å².